The lowest BCUT2D eigenvalue weighted by Gasteiger charge is -2.46. The predicted octanol–water partition coefficient (Wildman–Crippen LogP) is 3.78. The van der Waals surface area contributed by atoms with Crippen molar-refractivity contribution < 1.29 is 32.7 Å². The molecule has 3 heterocycles. The van der Waals surface area contributed by atoms with Gasteiger partial charge in [-0.05, 0) is 58.0 Å². The molecule has 1 aromatic carbocycles. The third-order valence-corrected chi connectivity index (χ3v) is 6.50. The second kappa shape index (κ2) is 9.29. The molecule has 0 aromatic heterocycles. The SMILES string of the molecule is CC1(C)Cc2cc([N+](=O)[O-])c(N3CCCC4(CCNCC4)C3)c(C#N)c2O1.O=C(O)C(F)(F)F. The molecule has 9 nitrogen and oxygen atoms in total. The van der Waals surface area contributed by atoms with Gasteiger partial charge in [0.2, 0.25) is 0 Å². The number of hydrogen-bond acceptors (Lipinski definition) is 7. The van der Waals surface area contributed by atoms with Gasteiger partial charge in [-0.15, -0.1) is 0 Å². The molecule has 34 heavy (non-hydrogen) atoms. The first-order chi connectivity index (χ1) is 15.8. The molecule has 186 valence electrons. The second-order valence-electron chi connectivity index (χ2n) is 9.59. The van der Waals surface area contributed by atoms with E-state index in [1.165, 1.54) is 0 Å². The molecule has 0 saturated carbocycles. The highest BCUT2D eigenvalue weighted by Crippen LogP contribution is 2.48. The van der Waals surface area contributed by atoms with Crippen molar-refractivity contribution in [2.75, 3.05) is 31.1 Å². The summed E-state index contributed by atoms with van der Waals surface area (Å²) in [6.45, 7) is 7.39. The van der Waals surface area contributed by atoms with Crippen LogP contribution in [0.5, 0.6) is 5.75 Å². The number of nitrogens with zero attached hydrogens (tertiary/aromatic N) is 3. The highest BCUT2D eigenvalue weighted by atomic mass is 19.4. The third-order valence-electron chi connectivity index (χ3n) is 6.50. The summed E-state index contributed by atoms with van der Waals surface area (Å²) in [4.78, 5) is 22.5. The molecule has 12 heteroatoms. The maximum absolute atomic E-state index is 11.9. The molecule has 0 atom stereocenters. The number of ether oxygens (including phenoxy) is 1. The van der Waals surface area contributed by atoms with Crippen LogP contribution in [0.25, 0.3) is 0 Å². The molecule has 3 aliphatic heterocycles. The summed E-state index contributed by atoms with van der Waals surface area (Å²) in [7, 11) is 0. The Bertz CT molecular complexity index is 1010. The first kappa shape index (κ1) is 25.6. The van der Waals surface area contributed by atoms with Gasteiger partial charge in [0, 0.05) is 31.1 Å². The quantitative estimate of drug-likeness (QED) is 0.479. The Morgan fingerprint density at radius 2 is 1.94 bits per heavy atom. The van der Waals surface area contributed by atoms with Crippen molar-refractivity contribution in [2.45, 2.75) is 57.7 Å². The molecule has 1 aromatic rings. The van der Waals surface area contributed by atoms with Crippen LogP contribution in [0.3, 0.4) is 0 Å². The van der Waals surface area contributed by atoms with E-state index < -0.39 is 17.7 Å². The summed E-state index contributed by atoms with van der Waals surface area (Å²) < 4.78 is 37.8. The summed E-state index contributed by atoms with van der Waals surface area (Å²) in [6, 6.07) is 3.86. The van der Waals surface area contributed by atoms with E-state index >= 15 is 0 Å². The second-order valence-corrected chi connectivity index (χ2v) is 9.59. The molecule has 2 saturated heterocycles. The number of carbonyl (C=O) groups is 1. The van der Waals surface area contributed by atoms with Crippen molar-refractivity contribution in [2.24, 2.45) is 5.41 Å². The number of nitriles is 1. The number of piperidine rings is 2. The Hall–Kier alpha value is -3.07. The topological polar surface area (TPSA) is 129 Å². The van der Waals surface area contributed by atoms with Gasteiger partial charge in [0.05, 0.1) is 4.92 Å². The van der Waals surface area contributed by atoms with Crippen molar-refractivity contribution in [1.82, 2.24) is 5.32 Å². The van der Waals surface area contributed by atoms with E-state index in [4.69, 9.17) is 14.6 Å². The van der Waals surface area contributed by atoms with Crippen molar-refractivity contribution in [3.8, 4) is 11.8 Å². The van der Waals surface area contributed by atoms with E-state index in [0.29, 0.717) is 23.4 Å². The Kier molecular flexibility index (Phi) is 6.98. The monoisotopic (exact) mass is 484 g/mol. The summed E-state index contributed by atoms with van der Waals surface area (Å²) >= 11 is 0. The molecular formula is C22H27F3N4O5. The zero-order valence-corrected chi connectivity index (χ0v) is 19.0. The minimum absolute atomic E-state index is 0.0394. The maximum atomic E-state index is 11.9. The number of carboxylic acids is 1. The third kappa shape index (κ3) is 5.35. The summed E-state index contributed by atoms with van der Waals surface area (Å²) in [5, 5.41) is 32.3. The number of rotatable bonds is 2. The maximum Gasteiger partial charge on any atom is 0.490 e. The van der Waals surface area contributed by atoms with Gasteiger partial charge in [-0.2, -0.15) is 18.4 Å². The molecule has 0 aliphatic carbocycles. The Morgan fingerprint density at radius 3 is 2.47 bits per heavy atom. The Labute approximate surface area is 194 Å². The number of alkyl halides is 3. The lowest BCUT2D eigenvalue weighted by atomic mass is 9.72. The smallest absolute Gasteiger partial charge is 0.486 e. The van der Waals surface area contributed by atoms with Gasteiger partial charge in [0.1, 0.15) is 28.7 Å². The van der Waals surface area contributed by atoms with Crippen LogP contribution in [0.1, 0.15) is 50.7 Å². The molecule has 0 amide bonds. The fourth-order valence-electron chi connectivity index (χ4n) is 5.04. The highest BCUT2D eigenvalue weighted by molar-refractivity contribution is 5.78. The van der Waals surface area contributed by atoms with Gasteiger partial charge in [-0.3, -0.25) is 10.1 Å². The number of aliphatic carboxylic acids is 1. The number of hydrogen-bond donors (Lipinski definition) is 2. The summed E-state index contributed by atoms with van der Waals surface area (Å²) in [6.07, 6.45) is -0.212. The highest BCUT2D eigenvalue weighted by Gasteiger charge is 2.42. The molecule has 0 bridgehead atoms. The minimum atomic E-state index is -5.08. The normalized spacial score (nSPS) is 20.4. The van der Waals surface area contributed by atoms with Gasteiger partial charge < -0.3 is 20.1 Å². The fraction of sp³-hybridized carbons (Fsp3) is 0.636. The van der Waals surface area contributed by atoms with E-state index in [1.807, 2.05) is 13.8 Å². The zero-order valence-electron chi connectivity index (χ0n) is 19.0. The van der Waals surface area contributed by atoms with Crippen LogP contribution in [-0.4, -0.2) is 54.0 Å². The number of anilines is 1. The van der Waals surface area contributed by atoms with Crippen LogP contribution in [0.2, 0.25) is 0 Å². The molecule has 2 fully saturated rings. The largest absolute Gasteiger partial charge is 0.490 e. The molecule has 0 unspecified atom stereocenters. The number of halogens is 3. The zero-order chi connectivity index (χ0) is 25.3. The van der Waals surface area contributed by atoms with Crippen molar-refractivity contribution in [3.63, 3.8) is 0 Å². The van der Waals surface area contributed by atoms with Crippen molar-refractivity contribution in [3.05, 3.63) is 27.3 Å². The Morgan fingerprint density at radius 1 is 1.32 bits per heavy atom. The molecule has 0 radical (unpaired) electrons. The molecule has 1 spiro atoms. The van der Waals surface area contributed by atoms with Gasteiger partial charge in [0.25, 0.3) is 5.69 Å². The number of carboxylic acid groups (broad SMARTS) is 1. The standard InChI is InChI=1S/C20H26N4O3.C2HF3O2/c1-19(2)11-14-10-16(24(25)26)17(15(12-21)18(14)27-19)23-9-3-4-20(13-23)5-7-22-8-6-20;3-2(4,5)1(6)7/h10,22H,3-9,11,13H2,1-2H3;(H,6,7). The summed E-state index contributed by atoms with van der Waals surface area (Å²) in [5.41, 5.74) is 1.33. The number of nitrogens with one attached hydrogen (secondary N) is 1. The van der Waals surface area contributed by atoms with Crippen LogP contribution in [0.15, 0.2) is 6.07 Å². The molecule has 2 N–H and O–H groups in total. The molecular weight excluding hydrogens is 457 g/mol. The van der Waals surface area contributed by atoms with Crippen LogP contribution < -0.4 is 15.0 Å². The van der Waals surface area contributed by atoms with Crippen molar-refractivity contribution in [1.29, 1.82) is 5.26 Å². The number of nitro benzene ring substituents is 1. The number of benzene rings is 1. The fourth-order valence-corrected chi connectivity index (χ4v) is 5.04. The first-order valence-electron chi connectivity index (χ1n) is 11.0. The predicted molar refractivity (Wildman–Crippen MR) is 116 cm³/mol. The van der Waals surface area contributed by atoms with E-state index in [9.17, 15) is 28.5 Å². The number of nitro groups is 1. The average Bonchev–Trinajstić information content (AvgIpc) is 3.06. The van der Waals surface area contributed by atoms with Gasteiger partial charge >= 0.3 is 12.1 Å². The van der Waals surface area contributed by atoms with E-state index in [2.05, 4.69) is 16.3 Å². The van der Waals surface area contributed by atoms with E-state index in [1.54, 1.807) is 6.07 Å². The first-order valence-corrected chi connectivity index (χ1v) is 11.0. The lowest BCUT2D eigenvalue weighted by Crippen LogP contribution is -2.49. The minimum Gasteiger partial charge on any atom is -0.486 e. The van der Waals surface area contributed by atoms with Gasteiger partial charge in [0.15, 0.2) is 0 Å². The molecule has 3 aliphatic rings. The van der Waals surface area contributed by atoms with E-state index in [0.717, 1.165) is 57.4 Å². The van der Waals surface area contributed by atoms with Gasteiger partial charge in [-0.25, -0.2) is 4.79 Å². The number of fused-ring (bicyclic) bond motifs is 1. The van der Waals surface area contributed by atoms with E-state index in [-0.39, 0.29) is 16.0 Å². The van der Waals surface area contributed by atoms with Crippen molar-refractivity contribution >= 4 is 17.3 Å². The molecule has 4 rings (SSSR count). The van der Waals surface area contributed by atoms with Gasteiger partial charge in [-0.1, -0.05) is 0 Å². The van der Waals surface area contributed by atoms with Crippen LogP contribution in [0.4, 0.5) is 24.5 Å². The van der Waals surface area contributed by atoms with Crippen LogP contribution in [0, 0.1) is 26.9 Å². The Balaban J connectivity index is 0.000000406. The van der Waals surface area contributed by atoms with Crippen LogP contribution in [-0.2, 0) is 11.2 Å². The summed E-state index contributed by atoms with van der Waals surface area (Å²) in [5.74, 6) is -2.22. The van der Waals surface area contributed by atoms with Crippen LogP contribution >= 0.6 is 0 Å². The average molecular weight is 484 g/mol. The lowest BCUT2D eigenvalue weighted by molar-refractivity contribution is -0.384.